The van der Waals surface area contributed by atoms with Gasteiger partial charge in [-0.15, -0.1) is 0 Å². The molecule has 1 rings (SSSR count). The number of carbonyl (C=O) groups excluding carboxylic acids is 2. The average molecular weight is 571 g/mol. The van der Waals surface area contributed by atoms with E-state index in [1.54, 1.807) is 24.3 Å². The van der Waals surface area contributed by atoms with E-state index >= 15 is 0 Å². The highest BCUT2D eigenvalue weighted by atomic mass is 16.5. The van der Waals surface area contributed by atoms with Gasteiger partial charge in [0.1, 0.15) is 0 Å². The molecule has 8 nitrogen and oxygen atoms in total. The van der Waals surface area contributed by atoms with Crippen LogP contribution in [0.15, 0.2) is 24.3 Å². The lowest BCUT2D eigenvalue weighted by Crippen LogP contribution is -2.15. The van der Waals surface area contributed by atoms with Crippen LogP contribution in [-0.4, -0.2) is 65.1 Å². The second-order valence-electron chi connectivity index (χ2n) is 9.78. The third-order valence-electron chi connectivity index (χ3n) is 5.94. The van der Waals surface area contributed by atoms with E-state index < -0.39 is 18.2 Å². The fourth-order valence-electron chi connectivity index (χ4n) is 3.57. The fraction of sp³-hybridized carbons (Fsp3) is 0.750. The quantitative estimate of drug-likeness (QED) is 0.0741. The molecule has 0 aliphatic heterocycles. The van der Waals surface area contributed by atoms with E-state index in [2.05, 4.69) is 13.8 Å². The van der Waals surface area contributed by atoms with E-state index in [9.17, 15) is 9.59 Å². The summed E-state index contributed by atoms with van der Waals surface area (Å²) >= 11 is 0. The number of unbranched alkanes of at least 4 members (excludes halogenated alkanes) is 11. The second-order valence-corrected chi connectivity index (χ2v) is 9.78. The molecule has 0 atom stereocenters. The molecular weight excluding hydrogens is 512 g/mol. The van der Waals surface area contributed by atoms with Gasteiger partial charge in [-0.3, -0.25) is 0 Å². The predicted octanol–water partition coefficient (Wildman–Crippen LogP) is 6.57. The van der Waals surface area contributed by atoms with Crippen molar-refractivity contribution < 1.29 is 39.5 Å². The summed E-state index contributed by atoms with van der Waals surface area (Å²) in [4.78, 5) is 24.7. The third-order valence-corrected chi connectivity index (χ3v) is 5.94. The summed E-state index contributed by atoms with van der Waals surface area (Å²) in [7, 11) is 0. The van der Waals surface area contributed by atoms with Gasteiger partial charge in [-0.25, -0.2) is 9.59 Å². The lowest BCUT2D eigenvalue weighted by atomic mass is 10.1. The van der Waals surface area contributed by atoms with Crippen LogP contribution >= 0.6 is 0 Å². The Labute approximate surface area is 243 Å². The topological polar surface area (TPSA) is 134 Å². The Morgan fingerprint density at radius 3 is 1.27 bits per heavy atom. The number of hydrogen-bond donors (Lipinski definition) is 4. The largest absolute Gasteiger partial charge is 0.462 e. The van der Waals surface area contributed by atoms with Crippen molar-refractivity contribution in [2.75, 3.05) is 26.4 Å². The Bertz CT molecular complexity index is 640. The van der Waals surface area contributed by atoms with Gasteiger partial charge in [0, 0.05) is 13.2 Å². The van der Waals surface area contributed by atoms with Crippen LogP contribution in [0.4, 0.5) is 0 Å². The maximum absolute atomic E-state index is 12.4. The van der Waals surface area contributed by atoms with E-state index in [0.29, 0.717) is 30.8 Å². The molecule has 1 aromatic rings. The van der Waals surface area contributed by atoms with Crippen LogP contribution in [0.25, 0.3) is 0 Å². The van der Waals surface area contributed by atoms with Crippen molar-refractivity contribution in [2.24, 2.45) is 0 Å². The molecule has 234 valence electrons. The first-order valence-electron chi connectivity index (χ1n) is 15.4. The number of carbonyl (C=O) groups is 2. The van der Waals surface area contributed by atoms with Crippen molar-refractivity contribution in [3.8, 4) is 0 Å². The minimum Gasteiger partial charge on any atom is -0.462 e. The Hall–Kier alpha value is -2.00. The molecule has 4 N–H and O–H groups in total. The van der Waals surface area contributed by atoms with E-state index in [1.165, 1.54) is 51.4 Å². The molecule has 0 aliphatic rings. The van der Waals surface area contributed by atoms with Gasteiger partial charge in [0.25, 0.3) is 0 Å². The van der Waals surface area contributed by atoms with Crippen LogP contribution in [0.5, 0.6) is 0 Å². The van der Waals surface area contributed by atoms with Crippen molar-refractivity contribution >= 4 is 11.9 Å². The summed E-state index contributed by atoms with van der Waals surface area (Å²) < 4.78 is 10.7. The SMILES string of the molecule is CCCC(O)O.CCCCCCCCOC(=O)c1ccccc1C(=O)OCCCCCCCC.OCCCCO. The molecule has 40 heavy (non-hydrogen) atoms. The monoisotopic (exact) mass is 570 g/mol. The number of aliphatic hydroxyl groups excluding tert-OH is 3. The van der Waals surface area contributed by atoms with Crippen molar-refractivity contribution in [1.29, 1.82) is 0 Å². The molecule has 0 amide bonds. The van der Waals surface area contributed by atoms with Gasteiger partial charge in [-0.05, 0) is 44.2 Å². The first-order valence-corrected chi connectivity index (χ1v) is 15.4. The second kappa shape index (κ2) is 31.5. The Kier molecular flexibility index (Phi) is 31.6. The number of aliphatic hydroxyl groups is 4. The fourth-order valence-corrected chi connectivity index (χ4v) is 3.57. The molecule has 0 saturated carbocycles. The lowest BCUT2D eigenvalue weighted by molar-refractivity contribution is -0.0453. The standard InChI is InChI=1S/C24H38O4.2C4H10O2/c1-3-5-7-9-11-15-19-27-23(25)21-17-13-14-18-22(21)24(26)28-20-16-12-10-8-6-4-2;1-2-3-4(5)6;5-3-1-2-4-6/h13-14,17-18H,3-12,15-16,19-20H2,1-2H3;4-6H,2-3H2,1H3;5-6H,1-4H2. The van der Waals surface area contributed by atoms with Crippen molar-refractivity contribution in [3.63, 3.8) is 0 Å². The number of rotatable bonds is 21. The summed E-state index contributed by atoms with van der Waals surface area (Å²) in [5.41, 5.74) is 0.586. The molecule has 8 heteroatoms. The van der Waals surface area contributed by atoms with Gasteiger partial charge in [0.2, 0.25) is 0 Å². The van der Waals surface area contributed by atoms with Gasteiger partial charge < -0.3 is 29.9 Å². The summed E-state index contributed by atoms with van der Waals surface area (Å²) in [5.74, 6) is -0.888. The van der Waals surface area contributed by atoms with Crippen molar-refractivity contribution in [2.45, 2.75) is 130 Å². The third kappa shape index (κ3) is 26.2. The van der Waals surface area contributed by atoms with Crippen LogP contribution in [0, 0.1) is 0 Å². The highest BCUT2D eigenvalue weighted by molar-refractivity contribution is 6.03. The molecule has 0 aliphatic carbocycles. The molecule has 0 spiro atoms. The zero-order chi connectivity index (χ0) is 30.3. The molecule has 0 heterocycles. The molecule has 0 aromatic heterocycles. The van der Waals surface area contributed by atoms with Crippen molar-refractivity contribution in [3.05, 3.63) is 35.4 Å². The highest BCUT2D eigenvalue weighted by Gasteiger charge is 2.18. The number of esters is 2. The Balaban J connectivity index is 0. The van der Waals surface area contributed by atoms with Gasteiger partial charge in [0.05, 0.1) is 24.3 Å². The predicted molar refractivity (Wildman–Crippen MR) is 160 cm³/mol. The average Bonchev–Trinajstić information content (AvgIpc) is 2.95. The zero-order valence-corrected chi connectivity index (χ0v) is 25.5. The summed E-state index contributed by atoms with van der Waals surface area (Å²) in [6.45, 7) is 7.47. The molecule has 0 radical (unpaired) electrons. The van der Waals surface area contributed by atoms with Gasteiger partial charge in [-0.2, -0.15) is 0 Å². The van der Waals surface area contributed by atoms with Crippen molar-refractivity contribution in [1.82, 2.24) is 0 Å². The highest BCUT2D eigenvalue weighted by Crippen LogP contribution is 2.14. The molecule has 0 fully saturated rings. The maximum Gasteiger partial charge on any atom is 0.339 e. The smallest absolute Gasteiger partial charge is 0.339 e. The minimum atomic E-state index is -1.10. The van der Waals surface area contributed by atoms with Gasteiger partial charge in [-0.1, -0.05) is 104 Å². The molecule has 0 saturated heterocycles. The lowest BCUT2D eigenvalue weighted by Gasteiger charge is -2.10. The first-order chi connectivity index (χ1) is 19.4. The summed E-state index contributed by atoms with van der Waals surface area (Å²) in [6, 6.07) is 6.74. The normalized spacial score (nSPS) is 10.3. The Morgan fingerprint density at radius 2 is 0.975 bits per heavy atom. The van der Waals surface area contributed by atoms with E-state index in [4.69, 9.17) is 29.9 Å². The van der Waals surface area contributed by atoms with Crippen LogP contribution < -0.4 is 0 Å². The summed E-state index contributed by atoms with van der Waals surface area (Å²) in [6.07, 6.45) is 15.3. The van der Waals surface area contributed by atoms with Crippen LogP contribution in [0.2, 0.25) is 0 Å². The molecular formula is C32H58O8. The van der Waals surface area contributed by atoms with Gasteiger partial charge in [0.15, 0.2) is 6.29 Å². The number of ether oxygens (including phenoxy) is 2. The molecule has 0 bridgehead atoms. The van der Waals surface area contributed by atoms with Crippen LogP contribution in [0.3, 0.4) is 0 Å². The van der Waals surface area contributed by atoms with E-state index in [0.717, 1.165) is 44.9 Å². The van der Waals surface area contributed by atoms with Gasteiger partial charge >= 0.3 is 11.9 Å². The summed E-state index contributed by atoms with van der Waals surface area (Å²) in [5, 5.41) is 32.4. The number of benzene rings is 1. The first kappa shape index (κ1) is 40.1. The number of hydrogen-bond acceptors (Lipinski definition) is 8. The van der Waals surface area contributed by atoms with Crippen LogP contribution in [0.1, 0.15) is 144 Å². The maximum atomic E-state index is 12.4. The van der Waals surface area contributed by atoms with E-state index in [1.807, 2.05) is 6.92 Å². The van der Waals surface area contributed by atoms with Crippen LogP contribution in [-0.2, 0) is 9.47 Å². The molecule has 0 unspecified atom stereocenters. The minimum absolute atomic E-state index is 0.195. The zero-order valence-electron chi connectivity index (χ0n) is 25.5. The van der Waals surface area contributed by atoms with E-state index in [-0.39, 0.29) is 13.2 Å². The molecule has 1 aromatic carbocycles. The Morgan fingerprint density at radius 1 is 0.600 bits per heavy atom.